The van der Waals surface area contributed by atoms with Crippen molar-refractivity contribution in [3.05, 3.63) is 54.2 Å². The lowest BCUT2D eigenvalue weighted by molar-refractivity contribution is -0.129. The van der Waals surface area contributed by atoms with E-state index in [9.17, 15) is 4.79 Å². The lowest BCUT2D eigenvalue weighted by atomic mass is 10.2. The molecular weight excluding hydrogens is 394 g/mol. The van der Waals surface area contributed by atoms with Crippen molar-refractivity contribution in [2.45, 2.75) is 20.4 Å². The minimum atomic E-state index is -0.00289. The van der Waals surface area contributed by atoms with Crippen LogP contribution in [0.3, 0.4) is 0 Å². The van der Waals surface area contributed by atoms with Crippen LogP contribution in [0.2, 0.25) is 0 Å². The van der Waals surface area contributed by atoms with Gasteiger partial charge in [-0.05, 0) is 32.0 Å². The first-order chi connectivity index (χ1) is 14.9. The monoisotopic (exact) mass is 419 g/mol. The molecule has 3 aromatic heterocycles. The molecule has 0 fully saturated rings. The highest BCUT2D eigenvalue weighted by Gasteiger charge is 2.17. The van der Waals surface area contributed by atoms with Crippen molar-refractivity contribution in [2.75, 3.05) is 26.5 Å². The number of hydrogen-bond acceptors (Lipinski definition) is 6. The molecule has 4 rings (SSSR count). The van der Waals surface area contributed by atoms with Crippen molar-refractivity contribution in [3.63, 3.8) is 0 Å². The smallest absolute Gasteiger partial charge is 0.242 e. The summed E-state index contributed by atoms with van der Waals surface area (Å²) in [5.74, 6) is 1.38. The van der Waals surface area contributed by atoms with E-state index in [1.54, 1.807) is 38.6 Å². The molecular formula is C22H25N7O2. The second-order valence-electron chi connectivity index (χ2n) is 7.47. The number of benzene rings is 1. The van der Waals surface area contributed by atoms with Crippen LogP contribution < -0.4 is 10.1 Å². The van der Waals surface area contributed by atoms with Gasteiger partial charge in [-0.15, -0.1) is 0 Å². The summed E-state index contributed by atoms with van der Waals surface area (Å²) < 4.78 is 9.03. The molecule has 0 spiro atoms. The predicted molar refractivity (Wildman–Crippen MR) is 119 cm³/mol. The Labute approximate surface area is 180 Å². The van der Waals surface area contributed by atoms with E-state index in [-0.39, 0.29) is 12.5 Å². The van der Waals surface area contributed by atoms with E-state index in [0.29, 0.717) is 11.3 Å². The Kier molecular flexibility index (Phi) is 5.33. The fourth-order valence-electron chi connectivity index (χ4n) is 3.43. The van der Waals surface area contributed by atoms with Gasteiger partial charge in [0.05, 0.1) is 41.7 Å². The zero-order chi connectivity index (χ0) is 22.1. The van der Waals surface area contributed by atoms with Gasteiger partial charge in [-0.25, -0.2) is 14.6 Å². The first kappa shape index (κ1) is 20.4. The number of amides is 1. The van der Waals surface area contributed by atoms with E-state index in [1.807, 2.05) is 53.4 Å². The van der Waals surface area contributed by atoms with Gasteiger partial charge in [0, 0.05) is 26.4 Å². The van der Waals surface area contributed by atoms with Crippen molar-refractivity contribution >= 4 is 28.4 Å². The summed E-state index contributed by atoms with van der Waals surface area (Å²) in [7, 11) is 5.12. The molecule has 0 aliphatic carbocycles. The molecule has 0 aliphatic rings. The largest absolute Gasteiger partial charge is 0.497 e. The van der Waals surface area contributed by atoms with E-state index in [1.165, 1.54) is 0 Å². The first-order valence-corrected chi connectivity index (χ1v) is 9.86. The van der Waals surface area contributed by atoms with Gasteiger partial charge in [0.25, 0.3) is 0 Å². The SMILES string of the molecule is COc1cccc(-n2nc(C)c(Nc3nccc4c3ncn4CC(=O)N(C)C)c2C)c1. The van der Waals surface area contributed by atoms with E-state index in [4.69, 9.17) is 9.84 Å². The van der Waals surface area contributed by atoms with Crippen LogP contribution in [0.4, 0.5) is 11.5 Å². The number of nitrogens with zero attached hydrogens (tertiary/aromatic N) is 6. The molecule has 0 aliphatic heterocycles. The van der Waals surface area contributed by atoms with Crippen LogP contribution in [-0.2, 0) is 11.3 Å². The molecule has 1 aromatic carbocycles. The summed E-state index contributed by atoms with van der Waals surface area (Å²) in [4.78, 5) is 22.7. The molecule has 3 heterocycles. The van der Waals surface area contributed by atoms with Crippen molar-refractivity contribution in [1.82, 2.24) is 29.2 Å². The lowest BCUT2D eigenvalue weighted by Crippen LogP contribution is -2.25. The van der Waals surface area contributed by atoms with Gasteiger partial charge in [-0.2, -0.15) is 5.10 Å². The number of carbonyl (C=O) groups excluding carboxylic acids is 1. The zero-order valence-electron chi connectivity index (χ0n) is 18.2. The first-order valence-electron chi connectivity index (χ1n) is 9.86. The molecule has 1 N–H and O–H groups in total. The summed E-state index contributed by atoms with van der Waals surface area (Å²) >= 11 is 0. The molecule has 9 nitrogen and oxygen atoms in total. The predicted octanol–water partition coefficient (Wildman–Crippen LogP) is 3.07. The molecule has 0 unspecified atom stereocenters. The Morgan fingerprint density at radius 1 is 1.19 bits per heavy atom. The number of fused-ring (bicyclic) bond motifs is 1. The van der Waals surface area contributed by atoms with Gasteiger partial charge in [0.1, 0.15) is 17.8 Å². The Bertz CT molecular complexity index is 1260. The maximum absolute atomic E-state index is 12.1. The van der Waals surface area contributed by atoms with Gasteiger partial charge < -0.3 is 19.5 Å². The Balaban J connectivity index is 1.69. The van der Waals surface area contributed by atoms with Gasteiger partial charge in [0.2, 0.25) is 5.91 Å². The molecule has 0 bridgehead atoms. The zero-order valence-corrected chi connectivity index (χ0v) is 18.2. The van der Waals surface area contributed by atoms with Crippen LogP contribution in [0.1, 0.15) is 11.4 Å². The van der Waals surface area contributed by atoms with Crippen LogP contribution in [0, 0.1) is 13.8 Å². The molecule has 0 atom stereocenters. The summed E-state index contributed by atoms with van der Waals surface area (Å²) in [6, 6.07) is 9.60. The highest BCUT2D eigenvalue weighted by molar-refractivity contribution is 5.89. The standard InChI is InChI=1S/C22H25N7O2/c1-14-20(15(2)29(26-14)16-7-6-8-17(11-16)31-5)25-22-21-18(9-10-23-22)28(13-24-21)12-19(30)27(3)4/h6-11,13H,12H2,1-5H3,(H,23,25). The highest BCUT2D eigenvalue weighted by atomic mass is 16.5. The van der Waals surface area contributed by atoms with Crippen LogP contribution >= 0.6 is 0 Å². The maximum Gasteiger partial charge on any atom is 0.242 e. The average molecular weight is 419 g/mol. The van der Waals surface area contributed by atoms with Crippen LogP contribution in [-0.4, -0.2) is 56.3 Å². The molecule has 0 radical (unpaired) electrons. The van der Waals surface area contributed by atoms with Gasteiger partial charge in [-0.3, -0.25) is 4.79 Å². The lowest BCUT2D eigenvalue weighted by Gasteiger charge is -2.11. The third-order valence-corrected chi connectivity index (χ3v) is 5.18. The van der Waals surface area contributed by atoms with Crippen LogP contribution in [0.15, 0.2) is 42.9 Å². The number of carbonyl (C=O) groups is 1. The van der Waals surface area contributed by atoms with E-state index >= 15 is 0 Å². The fourth-order valence-corrected chi connectivity index (χ4v) is 3.43. The van der Waals surface area contributed by atoms with Crippen molar-refractivity contribution in [2.24, 2.45) is 0 Å². The number of likely N-dealkylation sites (N-methyl/N-ethyl adjacent to an activating group) is 1. The Morgan fingerprint density at radius 3 is 2.74 bits per heavy atom. The highest BCUT2D eigenvalue weighted by Crippen LogP contribution is 2.29. The summed E-state index contributed by atoms with van der Waals surface area (Å²) in [5.41, 5.74) is 5.07. The number of methoxy groups -OCH3 is 1. The van der Waals surface area contributed by atoms with Crippen LogP contribution in [0.25, 0.3) is 16.7 Å². The topological polar surface area (TPSA) is 90.1 Å². The van der Waals surface area contributed by atoms with Crippen molar-refractivity contribution in [3.8, 4) is 11.4 Å². The normalized spacial score (nSPS) is 11.0. The molecule has 1 amide bonds. The molecule has 4 aromatic rings. The number of aryl methyl sites for hydroxylation is 1. The number of aromatic nitrogens is 5. The third kappa shape index (κ3) is 3.81. The third-order valence-electron chi connectivity index (χ3n) is 5.18. The number of rotatable bonds is 6. The van der Waals surface area contributed by atoms with Crippen molar-refractivity contribution in [1.29, 1.82) is 0 Å². The minimum Gasteiger partial charge on any atom is -0.497 e. The number of ether oxygens (including phenoxy) is 1. The summed E-state index contributed by atoms with van der Waals surface area (Å²) in [6.07, 6.45) is 3.37. The number of nitrogens with one attached hydrogen (secondary N) is 1. The second kappa shape index (κ2) is 8.10. The molecule has 31 heavy (non-hydrogen) atoms. The van der Waals surface area contributed by atoms with E-state index < -0.39 is 0 Å². The van der Waals surface area contributed by atoms with Gasteiger partial charge >= 0.3 is 0 Å². The summed E-state index contributed by atoms with van der Waals surface area (Å²) in [5, 5.41) is 8.09. The Hall–Kier alpha value is -3.88. The average Bonchev–Trinajstić information content (AvgIpc) is 3.30. The molecule has 160 valence electrons. The molecule has 0 saturated carbocycles. The van der Waals surface area contributed by atoms with E-state index in [2.05, 4.69) is 15.3 Å². The minimum absolute atomic E-state index is 0.00289. The number of hydrogen-bond donors (Lipinski definition) is 1. The Morgan fingerprint density at radius 2 is 2.00 bits per heavy atom. The fraction of sp³-hybridized carbons (Fsp3) is 0.273. The number of pyridine rings is 1. The summed E-state index contributed by atoms with van der Waals surface area (Å²) in [6.45, 7) is 4.16. The van der Waals surface area contributed by atoms with E-state index in [0.717, 1.165) is 34.0 Å². The van der Waals surface area contributed by atoms with Crippen molar-refractivity contribution < 1.29 is 9.53 Å². The number of anilines is 2. The second-order valence-corrected chi connectivity index (χ2v) is 7.47. The molecule has 0 saturated heterocycles. The van der Waals surface area contributed by atoms with Gasteiger partial charge in [-0.1, -0.05) is 6.07 Å². The van der Waals surface area contributed by atoms with Crippen LogP contribution in [0.5, 0.6) is 5.75 Å². The van der Waals surface area contributed by atoms with Gasteiger partial charge in [0.15, 0.2) is 5.82 Å². The maximum atomic E-state index is 12.1. The quantitative estimate of drug-likeness (QED) is 0.517. The number of imidazole rings is 1. The molecule has 9 heteroatoms.